The van der Waals surface area contributed by atoms with Gasteiger partial charge in [-0.15, -0.1) is 11.3 Å². The molecule has 13 heavy (non-hydrogen) atoms. The lowest BCUT2D eigenvalue weighted by molar-refractivity contribution is 0.629. The molecule has 2 aromatic rings. The fraction of sp³-hybridized carbons (Fsp3) is 0.222. The molecule has 1 nitrogen and oxygen atoms in total. The molecule has 4 heteroatoms. The Labute approximate surface area is 88.7 Å². The number of thiazole rings is 1. The third-order valence-corrected chi connectivity index (χ3v) is 2.10. The van der Waals surface area contributed by atoms with E-state index in [0.29, 0.717) is 0 Å². The van der Waals surface area contributed by atoms with E-state index in [0.717, 1.165) is 15.5 Å². The second-order valence-electron chi connectivity index (χ2n) is 2.23. The minimum absolute atomic E-state index is 0.224. The van der Waals surface area contributed by atoms with Crippen molar-refractivity contribution in [2.75, 3.05) is 5.33 Å². The first-order chi connectivity index (χ1) is 6.27. The summed E-state index contributed by atoms with van der Waals surface area (Å²) in [5, 5.41) is 1.06. The van der Waals surface area contributed by atoms with Crippen LogP contribution in [0.15, 0.2) is 23.7 Å². The Bertz CT molecular complexity index is 374. The smallest absolute Gasteiger partial charge is 0.125 e. The maximum atomic E-state index is 12.5. The lowest BCUT2D eigenvalue weighted by atomic mass is 10.3. The van der Waals surface area contributed by atoms with Crippen LogP contribution in [0, 0.1) is 5.82 Å². The van der Waals surface area contributed by atoms with E-state index in [1.165, 1.54) is 23.5 Å². The van der Waals surface area contributed by atoms with E-state index in [1.807, 2.05) is 6.92 Å². The number of alkyl halides is 1. The molecule has 0 N–H and O–H groups in total. The minimum atomic E-state index is -0.224. The molecule has 1 heterocycles. The number of hydrogen-bond donors (Lipinski definition) is 0. The molecular formula is C9H9BrFNS. The van der Waals surface area contributed by atoms with Crippen molar-refractivity contribution in [2.45, 2.75) is 6.92 Å². The zero-order valence-corrected chi connectivity index (χ0v) is 9.53. The molecule has 0 spiro atoms. The lowest BCUT2D eigenvalue weighted by Gasteiger charge is -1.85. The molecule has 1 aromatic heterocycles. The van der Waals surface area contributed by atoms with Gasteiger partial charge in [0, 0.05) is 11.4 Å². The summed E-state index contributed by atoms with van der Waals surface area (Å²) in [6.07, 6.45) is 0. The lowest BCUT2D eigenvalue weighted by Crippen LogP contribution is -1.70. The Balaban J connectivity index is 0.000000251. The highest BCUT2D eigenvalue weighted by atomic mass is 79.9. The molecule has 0 aliphatic rings. The molecule has 2 rings (SSSR count). The van der Waals surface area contributed by atoms with Gasteiger partial charge in [0.25, 0.3) is 0 Å². The topological polar surface area (TPSA) is 12.9 Å². The highest BCUT2D eigenvalue weighted by molar-refractivity contribution is 9.09. The highest BCUT2D eigenvalue weighted by Gasteiger charge is 1.95. The van der Waals surface area contributed by atoms with Crippen LogP contribution < -0.4 is 0 Å². The molecule has 0 unspecified atom stereocenters. The number of aromatic nitrogens is 1. The van der Waals surface area contributed by atoms with Crippen LogP contribution in [0.1, 0.15) is 6.92 Å². The molecule has 0 radical (unpaired) electrons. The Hall–Kier alpha value is -0.480. The van der Waals surface area contributed by atoms with Crippen LogP contribution in [0.2, 0.25) is 0 Å². The number of rotatable bonds is 0. The van der Waals surface area contributed by atoms with Crippen LogP contribution in [0.3, 0.4) is 0 Å². The predicted molar refractivity (Wildman–Crippen MR) is 59.0 cm³/mol. The predicted octanol–water partition coefficient (Wildman–Crippen LogP) is 3.84. The Morgan fingerprint density at radius 1 is 1.54 bits per heavy atom. The van der Waals surface area contributed by atoms with Gasteiger partial charge >= 0.3 is 0 Å². The molecule has 0 saturated carbocycles. The van der Waals surface area contributed by atoms with Crippen LogP contribution in [0.25, 0.3) is 10.2 Å². The fourth-order valence-corrected chi connectivity index (χ4v) is 1.49. The van der Waals surface area contributed by atoms with Gasteiger partial charge in [0.15, 0.2) is 0 Å². The second kappa shape index (κ2) is 5.29. The van der Waals surface area contributed by atoms with Gasteiger partial charge in [-0.1, -0.05) is 22.9 Å². The maximum absolute atomic E-state index is 12.5. The first kappa shape index (κ1) is 10.6. The number of hydrogen-bond acceptors (Lipinski definition) is 2. The molecule has 0 aliphatic heterocycles. The number of nitrogens with zero attached hydrogens (tertiary/aromatic N) is 1. The van der Waals surface area contributed by atoms with Crippen LogP contribution in [-0.4, -0.2) is 10.3 Å². The summed E-state index contributed by atoms with van der Waals surface area (Å²) in [5.74, 6) is -0.224. The van der Waals surface area contributed by atoms with Crippen molar-refractivity contribution >= 4 is 37.5 Å². The fourth-order valence-electron chi connectivity index (χ4n) is 0.831. The monoisotopic (exact) mass is 261 g/mol. The van der Waals surface area contributed by atoms with E-state index >= 15 is 0 Å². The molecule has 0 aliphatic carbocycles. The van der Waals surface area contributed by atoms with Crippen molar-refractivity contribution in [3.63, 3.8) is 0 Å². The van der Waals surface area contributed by atoms with Crippen molar-refractivity contribution < 1.29 is 4.39 Å². The summed E-state index contributed by atoms with van der Waals surface area (Å²) in [6.45, 7) is 2.04. The van der Waals surface area contributed by atoms with Crippen molar-refractivity contribution in [3.05, 3.63) is 29.5 Å². The third-order valence-electron chi connectivity index (χ3n) is 1.29. The molecule has 0 bridgehead atoms. The molecule has 0 fully saturated rings. The third kappa shape index (κ3) is 3.04. The summed E-state index contributed by atoms with van der Waals surface area (Å²) < 4.78 is 13.5. The normalized spacial score (nSPS) is 9.46. The van der Waals surface area contributed by atoms with E-state index in [-0.39, 0.29) is 5.82 Å². The Morgan fingerprint density at radius 2 is 2.23 bits per heavy atom. The van der Waals surface area contributed by atoms with Gasteiger partial charge in [0.2, 0.25) is 0 Å². The first-order valence-electron chi connectivity index (χ1n) is 3.82. The SMILES string of the molecule is CCBr.Fc1ccc2scnc2c1. The Morgan fingerprint density at radius 3 is 2.92 bits per heavy atom. The molecule has 0 atom stereocenters. The van der Waals surface area contributed by atoms with E-state index in [1.54, 1.807) is 11.6 Å². The molecule has 1 aromatic carbocycles. The van der Waals surface area contributed by atoms with E-state index in [2.05, 4.69) is 20.9 Å². The molecule has 0 saturated heterocycles. The number of fused-ring (bicyclic) bond motifs is 1. The average Bonchev–Trinajstić information content (AvgIpc) is 2.52. The van der Waals surface area contributed by atoms with Gasteiger partial charge in [-0.25, -0.2) is 9.37 Å². The summed E-state index contributed by atoms with van der Waals surface area (Å²) in [5.41, 5.74) is 2.45. The summed E-state index contributed by atoms with van der Waals surface area (Å²) >= 11 is 4.66. The molecule has 0 amide bonds. The van der Waals surface area contributed by atoms with Gasteiger partial charge in [-0.2, -0.15) is 0 Å². The van der Waals surface area contributed by atoms with Gasteiger partial charge in [0.05, 0.1) is 15.7 Å². The maximum Gasteiger partial charge on any atom is 0.125 e. The van der Waals surface area contributed by atoms with Crippen molar-refractivity contribution in [1.29, 1.82) is 0 Å². The number of benzene rings is 1. The quantitative estimate of drug-likeness (QED) is 0.657. The summed E-state index contributed by atoms with van der Waals surface area (Å²) in [6, 6.07) is 4.62. The molecule has 70 valence electrons. The van der Waals surface area contributed by atoms with Crippen LogP contribution in [0.4, 0.5) is 4.39 Å². The minimum Gasteiger partial charge on any atom is -0.245 e. The zero-order chi connectivity index (χ0) is 9.68. The number of halogens is 2. The van der Waals surface area contributed by atoms with E-state index in [4.69, 9.17) is 0 Å². The van der Waals surface area contributed by atoms with Gasteiger partial charge < -0.3 is 0 Å². The summed E-state index contributed by atoms with van der Waals surface area (Å²) in [7, 11) is 0. The molecular weight excluding hydrogens is 253 g/mol. The van der Waals surface area contributed by atoms with Gasteiger partial charge in [0.1, 0.15) is 5.82 Å². The first-order valence-corrected chi connectivity index (χ1v) is 5.82. The zero-order valence-electron chi connectivity index (χ0n) is 7.13. The van der Waals surface area contributed by atoms with Crippen molar-refractivity contribution in [1.82, 2.24) is 4.98 Å². The largest absolute Gasteiger partial charge is 0.245 e. The van der Waals surface area contributed by atoms with Gasteiger partial charge in [-0.05, 0) is 12.1 Å². The van der Waals surface area contributed by atoms with Crippen LogP contribution >= 0.6 is 27.3 Å². The van der Waals surface area contributed by atoms with Crippen molar-refractivity contribution in [3.8, 4) is 0 Å². The highest BCUT2D eigenvalue weighted by Crippen LogP contribution is 2.17. The van der Waals surface area contributed by atoms with E-state index < -0.39 is 0 Å². The van der Waals surface area contributed by atoms with Gasteiger partial charge in [-0.3, -0.25) is 0 Å². The standard InChI is InChI=1S/C7H4FNS.C2H5Br/c8-5-1-2-7-6(3-5)9-4-10-7;1-2-3/h1-4H;2H2,1H3. The summed E-state index contributed by atoms with van der Waals surface area (Å²) in [4.78, 5) is 3.96. The van der Waals surface area contributed by atoms with Crippen molar-refractivity contribution in [2.24, 2.45) is 0 Å². The Kier molecular flexibility index (Phi) is 4.32. The average molecular weight is 262 g/mol. The second-order valence-corrected chi connectivity index (χ2v) is 4.24. The van der Waals surface area contributed by atoms with Crippen LogP contribution in [0.5, 0.6) is 0 Å². The van der Waals surface area contributed by atoms with E-state index in [9.17, 15) is 4.39 Å². The van der Waals surface area contributed by atoms with Crippen LogP contribution in [-0.2, 0) is 0 Å².